The van der Waals surface area contributed by atoms with Crippen molar-refractivity contribution >= 4 is 40.3 Å². The zero-order chi connectivity index (χ0) is 14.6. The van der Waals surface area contributed by atoms with E-state index in [1.54, 1.807) is 13.8 Å². The molecular weight excluding hydrogens is 359 g/mol. The van der Waals surface area contributed by atoms with E-state index in [0.29, 0.717) is 0 Å². The Morgan fingerprint density at radius 1 is 1.37 bits per heavy atom. The largest absolute Gasteiger partial charge is 0.481 e. The summed E-state index contributed by atoms with van der Waals surface area (Å²) in [7, 11) is 0. The van der Waals surface area contributed by atoms with Gasteiger partial charge in [-0.2, -0.15) is 0 Å². The summed E-state index contributed by atoms with van der Waals surface area (Å²) in [6.45, 7) is 5.09. The molecule has 19 heavy (non-hydrogen) atoms. The van der Waals surface area contributed by atoms with Crippen LogP contribution in [0.15, 0.2) is 18.2 Å². The molecule has 0 atom stereocenters. The molecule has 0 aliphatic carbocycles. The molecule has 0 aliphatic heterocycles. The molecule has 0 spiro atoms. The Hall–Kier alpha value is -1.31. The monoisotopic (exact) mass is 376 g/mol. The van der Waals surface area contributed by atoms with Gasteiger partial charge in [0.15, 0.2) is 0 Å². The number of amides is 2. The van der Waals surface area contributed by atoms with Gasteiger partial charge in [0.05, 0.1) is 5.41 Å². The number of hydrogen-bond donors (Lipinski definition) is 3. The van der Waals surface area contributed by atoms with Gasteiger partial charge in [-0.1, -0.05) is 6.07 Å². The Balaban J connectivity index is 2.61. The van der Waals surface area contributed by atoms with Crippen LogP contribution < -0.4 is 10.6 Å². The molecule has 0 fully saturated rings. The van der Waals surface area contributed by atoms with Gasteiger partial charge < -0.3 is 15.7 Å². The fourth-order valence-electron chi connectivity index (χ4n) is 1.27. The van der Waals surface area contributed by atoms with Crippen LogP contribution in [0.5, 0.6) is 0 Å². The van der Waals surface area contributed by atoms with Crippen molar-refractivity contribution in [2.24, 2.45) is 5.41 Å². The van der Waals surface area contributed by atoms with Gasteiger partial charge in [0, 0.05) is 15.8 Å². The molecule has 0 aliphatic rings. The number of aliphatic carboxylic acids is 1. The summed E-state index contributed by atoms with van der Waals surface area (Å²) in [5.41, 5.74) is 0.683. The number of carboxylic acid groups (broad SMARTS) is 1. The average molecular weight is 376 g/mol. The molecule has 2 amide bonds. The lowest BCUT2D eigenvalue weighted by atomic mass is 9.94. The van der Waals surface area contributed by atoms with Crippen molar-refractivity contribution in [2.75, 3.05) is 11.9 Å². The van der Waals surface area contributed by atoms with Crippen LogP contribution in [-0.4, -0.2) is 23.7 Å². The first kappa shape index (κ1) is 15.7. The van der Waals surface area contributed by atoms with Crippen molar-refractivity contribution in [3.8, 4) is 0 Å². The Morgan fingerprint density at radius 3 is 2.58 bits per heavy atom. The summed E-state index contributed by atoms with van der Waals surface area (Å²) >= 11 is 2.16. The number of carbonyl (C=O) groups excluding carboxylic acids is 1. The molecule has 104 valence electrons. The summed E-state index contributed by atoms with van der Waals surface area (Å²) in [6.07, 6.45) is 0. The second-order valence-electron chi connectivity index (χ2n) is 4.96. The number of halogens is 1. The number of urea groups is 1. The van der Waals surface area contributed by atoms with Gasteiger partial charge in [-0.05, 0) is 61.1 Å². The summed E-state index contributed by atoms with van der Waals surface area (Å²) in [6, 6.07) is 5.32. The first-order valence-electron chi connectivity index (χ1n) is 5.77. The number of carbonyl (C=O) groups is 2. The molecule has 0 unspecified atom stereocenters. The quantitative estimate of drug-likeness (QED) is 0.708. The first-order chi connectivity index (χ1) is 8.72. The van der Waals surface area contributed by atoms with Crippen molar-refractivity contribution in [2.45, 2.75) is 20.8 Å². The lowest BCUT2D eigenvalue weighted by Gasteiger charge is -2.19. The van der Waals surface area contributed by atoms with E-state index in [9.17, 15) is 9.59 Å². The normalized spacial score (nSPS) is 10.9. The van der Waals surface area contributed by atoms with Gasteiger partial charge in [-0.15, -0.1) is 0 Å². The van der Waals surface area contributed by atoms with E-state index in [2.05, 4.69) is 33.2 Å². The fraction of sp³-hybridized carbons (Fsp3) is 0.385. The van der Waals surface area contributed by atoms with E-state index in [1.165, 1.54) is 0 Å². The maximum atomic E-state index is 11.7. The molecule has 1 rings (SSSR count). The zero-order valence-electron chi connectivity index (χ0n) is 11.1. The molecule has 6 heteroatoms. The molecule has 3 N–H and O–H groups in total. The van der Waals surface area contributed by atoms with Crippen LogP contribution in [0.4, 0.5) is 10.5 Å². The molecule has 1 aromatic rings. The topological polar surface area (TPSA) is 78.4 Å². The van der Waals surface area contributed by atoms with Crippen LogP contribution >= 0.6 is 22.6 Å². The van der Waals surface area contributed by atoms with Crippen molar-refractivity contribution in [3.63, 3.8) is 0 Å². The smallest absolute Gasteiger partial charge is 0.319 e. The Labute approximate surface area is 125 Å². The Bertz CT molecular complexity index is 501. The van der Waals surface area contributed by atoms with Gasteiger partial charge >= 0.3 is 12.0 Å². The number of rotatable bonds is 4. The third kappa shape index (κ3) is 4.70. The summed E-state index contributed by atoms with van der Waals surface area (Å²) in [5, 5.41) is 14.2. The van der Waals surface area contributed by atoms with Crippen molar-refractivity contribution in [3.05, 3.63) is 27.3 Å². The molecule has 0 bridgehead atoms. The predicted octanol–water partition coefficient (Wildman–Crippen LogP) is 2.83. The lowest BCUT2D eigenvalue weighted by molar-refractivity contribution is -0.146. The standard InChI is InChI=1S/C13H17IN2O3/c1-8-4-5-9(14)6-10(8)16-12(19)15-7-13(2,3)11(17)18/h4-6H,7H2,1-3H3,(H,17,18)(H2,15,16,19). The minimum atomic E-state index is -0.989. The highest BCUT2D eigenvalue weighted by Crippen LogP contribution is 2.18. The Kier molecular flexibility index (Phi) is 5.16. The molecule has 0 saturated heterocycles. The molecule has 5 nitrogen and oxygen atoms in total. The fourth-order valence-corrected chi connectivity index (χ4v) is 1.76. The highest BCUT2D eigenvalue weighted by atomic mass is 127. The summed E-state index contributed by atoms with van der Waals surface area (Å²) in [5.74, 6) is -0.946. The highest BCUT2D eigenvalue weighted by Gasteiger charge is 2.27. The first-order valence-corrected chi connectivity index (χ1v) is 6.84. The van der Waals surface area contributed by atoms with Gasteiger partial charge in [0.2, 0.25) is 0 Å². The number of benzene rings is 1. The van der Waals surface area contributed by atoms with Crippen molar-refractivity contribution < 1.29 is 14.7 Å². The number of aryl methyl sites for hydroxylation is 1. The number of anilines is 1. The molecule has 0 radical (unpaired) electrons. The van der Waals surface area contributed by atoms with E-state index in [4.69, 9.17) is 5.11 Å². The Morgan fingerprint density at radius 2 is 2.00 bits per heavy atom. The van der Waals surface area contributed by atoms with Gasteiger partial charge in [0.25, 0.3) is 0 Å². The summed E-state index contributed by atoms with van der Waals surface area (Å²) in [4.78, 5) is 22.6. The number of nitrogens with one attached hydrogen (secondary N) is 2. The lowest BCUT2D eigenvalue weighted by Crippen LogP contribution is -2.40. The maximum Gasteiger partial charge on any atom is 0.319 e. The van der Waals surface area contributed by atoms with Crippen LogP contribution in [0.1, 0.15) is 19.4 Å². The highest BCUT2D eigenvalue weighted by molar-refractivity contribution is 14.1. The molecule has 1 aromatic carbocycles. The van der Waals surface area contributed by atoms with Crippen LogP contribution in [-0.2, 0) is 4.79 Å². The van der Waals surface area contributed by atoms with Crippen LogP contribution in [0.2, 0.25) is 0 Å². The van der Waals surface area contributed by atoms with Gasteiger partial charge in [0.1, 0.15) is 0 Å². The summed E-state index contributed by atoms with van der Waals surface area (Å²) < 4.78 is 1.02. The minimum Gasteiger partial charge on any atom is -0.481 e. The van der Waals surface area contributed by atoms with E-state index in [0.717, 1.165) is 14.8 Å². The zero-order valence-corrected chi connectivity index (χ0v) is 13.2. The second kappa shape index (κ2) is 6.23. The van der Waals surface area contributed by atoms with Crippen LogP contribution in [0.3, 0.4) is 0 Å². The predicted molar refractivity (Wildman–Crippen MR) is 82.3 cm³/mol. The number of hydrogen-bond acceptors (Lipinski definition) is 2. The van der Waals surface area contributed by atoms with Crippen LogP contribution in [0.25, 0.3) is 0 Å². The third-order valence-electron chi connectivity index (χ3n) is 2.72. The van der Waals surface area contributed by atoms with Crippen molar-refractivity contribution in [1.82, 2.24) is 5.32 Å². The van der Waals surface area contributed by atoms with Gasteiger partial charge in [-0.3, -0.25) is 4.79 Å². The minimum absolute atomic E-state index is 0.0666. The van der Waals surface area contributed by atoms with E-state index < -0.39 is 17.4 Å². The van der Waals surface area contributed by atoms with E-state index in [-0.39, 0.29) is 6.54 Å². The van der Waals surface area contributed by atoms with Gasteiger partial charge in [-0.25, -0.2) is 4.79 Å². The SMILES string of the molecule is Cc1ccc(I)cc1NC(=O)NCC(C)(C)C(=O)O. The molecule has 0 aromatic heterocycles. The van der Waals surface area contributed by atoms with E-state index >= 15 is 0 Å². The average Bonchev–Trinajstić information content (AvgIpc) is 2.31. The van der Waals surface area contributed by atoms with E-state index in [1.807, 2.05) is 25.1 Å². The third-order valence-corrected chi connectivity index (χ3v) is 3.39. The molecule has 0 saturated carbocycles. The second-order valence-corrected chi connectivity index (χ2v) is 6.20. The molecular formula is C13H17IN2O3. The maximum absolute atomic E-state index is 11.7. The number of carboxylic acids is 1. The van der Waals surface area contributed by atoms with Crippen molar-refractivity contribution in [1.29, 1.82) is 0 Å². The molecule has 0 heterocycles. The van der Waals surface area contributed by atoms with Crippen LogP contribution in [0, 0.1) is 15.9 Å².